The molecule has 3 N–H and O–H groups in total. The molecule has 0 aromatic carbocycles. The molecule has 7 aliphatic rings. The summed E-state index contributed by atoms with van der Waals surface area (Å²) < 4.78 is 19.3. The van der Waals surface area contributed by atoms with E-state index < -0.39 is 35.1 Å². The summed E-state index contributed by atoms with van der Waals surface area (Å²) >= 11 is 0. The molecule has 220 valence electrons. The number of carbonyl (C=O) groups is 1. The molecule has 5 saturated carbocycles. The van der Waals surface area contributed by atoms with Gasteiger partial charge < -0.3 is 29.5 Å². The molecule has 0 amide bonds. The van der Waals surface area contributed by atoms with Crippen LogP contribution < -0.4 is 0 Å². The fourth-order valence-corrected chi connectivity index (χ4v) is 13.1. The Labute approximate surface area is 233 Å². The van der Waals surface area contributed by atoms with Crippen LogP contribution in [0.25, 0.3) is 0 Å². The van der Waals surface area contributed by atoms with E-state index in [2.05, 4.69) is 34.6 Å². The largest absolute Gasteiger partial charge is 0.462 e. The van der Waals surface area contributed by atoms with E-state index in [0.717, 1.165) is 38.5 Å². The number of esters is 1. The van der Waals surface area contributed by atoms with Crippen LogP contribution in [-0.4, -0.2) is 63.2 Å². The van der Waals surface area contributed by atoms with Crippen LogP contribution >= 0.6 is 0 Å². The second kappa shape index (κ2) is 7.42. The number of rotatable bonds is 2. The van der Waals surface area contributed by atoms with Gasteiger partial charge in [-0.15, -0.1) is 0 Å². The van der Waals surface area contributed by atoms with E-state index in [4.69, 9.17) is 14.2 Å². The van der Waals surface area contributed by atoms with Crippen molar-refractivity contribution >= 4 is 5.97 Å². The third-order valence-corrected chi connectivity index (χ3v) is 14.4. The van der Waals surface area contributed by atoms with Crippen LogP contribution in [0.1, 0.15) is 100 Å². The van der Waals surface area contributed by atoms with E-state index >= 15 is 0 Å². The molecule has 14 atom stereocenters. The maximum atomic E-state index is 12.5. The number of aliphatic hydroxyl groups is 3. The van der Waals surface area contributed by atoms with Crippen molar-refractivity contribution in [1.29, 1.82) is 0 Å². The Morgan fingerprint density at radius 2 is 1.67 bits per heavy atom. The third kappa shape index (κ3) is 2.82. The quantitative estimate of drug-likeness (QED) is 0.446. The normalized spacial score (nSPS) is 60.3. The lowest BCUT2D eigenvalue weighted by molar-refractivity contribution is -0.284. The highest BCUT2D eigenvalue weighted by atomic mass is 16.8. The molecule has 3 spiro atoms. The number of carbonyl (C=O) groups excluding carboxylic acids is 1. The molecule has 2 heterocycles. The van der Waals surface area contributed by atoms with Gasteiger partial charge in [-0.2, -0.15) is 0 Å². The van der Waals surface area contributed by atoms with Crippen molar-refractivity contribution in [1.82, 2.24) is 0 Å². The molecule has 7 rings (SSSR count). The van der Waals surface area contributed by atoms with Gasteiger partial charge in [0.1, 0.15) is 18.3 Å². The van der Waals surface area contributed by atoms with Gasteiger partial charge in [-0.05, 0) is 92.8 Å². The summed E-state index contributed by atoms with van der Waals surface area (Å²) in [5.74, 6) is -0.923. The molecule has 2 bridgehead atoms. The Kier molecular flexibility index (Phi) is 5.16. The van der Waals surface area contributed by atoms with Crippen molar-refractivity contribution < 1.29 is 34.3 Å². The topological polar surface area (TPSA) is 105 Å². The average molecular weight is 547 g/mol. The van der Waals surface area contributed by atoms with Crippen LogP contribution in [0.5, 0.6) is 0 Å². The highest BCUT2D eigenvalue weighted by Crippen LogP contribution is 2.90. The first kappa shape index (κ1) is 27.1. The number of ether oxygens (including phenoxy) is 3. The van der Waals surface area contributed by atoms with E-state index in [1.807, 2.05) is 0 Å². The Morgan fingerprint density at radius 3 is 2.31 bits per heavy atom. The minimum atomic E-state index is -1.16. The fourth-order valence-electron chi connectivity index (χ4n) is 13.1. The Bertz CT molecular complexity index is 1100. The summed E-state index contributed by atoms with van der Waals surface area (Å²) in [5.41, 5.74) is -2.11. The zero-order valence-electron chi connectivity index (χ0n) is 25.1. The Balaban J connectivity index is 1.31. The molecule has 7 fully saturated rings. The molecule has 0 radical (unpaired) electrons. The second-order valence-corrected chi connectivity index (χ2v) is 16.6. The highest BCUT2D eigenvalue weighted by molar-refractivity contribution is 5.66. The minimum absolute atomic E-state index is 0.0123. The summed E-state index contributed by atoms with van der Waals surface area (Å²) in [6, 6.07) is 0. The second-order valence-electron chi connectivity index (χ2n) is 16.6. The first-order valence-electron chi connectivity index (χ1n) is 15.5. The van der Waals surface area contributed by atoms with Gasteiger partial charge in [0.05, 0.1) is 17.8 Å². The monoisotopic (exact) mass is 546 g/mol. The lowest BCUT2D eigenvalue weighted by atomic mass is 9.40. The van der Waals surface area contributed by atoms with Gasteiger partial charge in [-0.1, -0.05) is 34.6 Å². The molecular weight excluding hydrogens is 496 g/mol. The van der Waals surface area contributed by atoms with Crippen molar-refractivity contribution in [3.05, 3.63) is 0 Å². The van der Waals surface area contributed by atoms with Crippen LogP contribution in [0, 0.1) is 50.7 Å². The molecule has 2 saturated heterocycles. The van der Waals surface area contributed by atoms with Gasteiger partial charge in [-0.25, -0.2) is 0 Å². The van der Waals surface area contributed by atoms with E-state index in [-0.39, 0.29) is 63.5 Å². The lowest BCUT2D eigenvalue weighted by Gasteiger charge is -2.64. The van der Waals surface area contributed by atoms with Gasteiger partial charge in [0.15, 0.2) is 5.79 Å². The van der Waals surface area contributed by atoms with Gasteiger partial charge in [0, 0.05) is 23.7 Å². The highest BCUT2D eigenvalue weighted by Gasteiger charge is 2.89. The van der Waals surface area contributed by atoms with Gasteiger partial charge in [-0.3, -0.25) is 4.79 Å². The third-order valence-electron chi connectivity index (χ3n) is 14.4. The number of hydrogen-bond acceptors (Lipinski definition) is 7. The summed E-state index contributed by atoms with van der Waals surface area (Å²) in [7, 11) is 0. The van der Waals surface area contributed by atoms with Gasteiger partial charge in [0.25, 0.3) is 0 Å². The summed E-state index contributed by atoms with van der Waals surface area (Å²) in [4.78, 5) is 11.9. The molecule has 1 unspecified atom stereocenters. The van der Waals surface area contributed by atoms with Crippen LogP contribution in [0.15, 0.2) is 0 Å². The summed E-state index contributed by atoms with van der Waals surface area (Å²) in [6.45, 7) is 16.3. The fraction of sp³-hybridized carbons (Fsp3) is 0.969. The van der Waals surface area contributed by atoms with Crippen molar-refractivity contribution in [3.63, 3.8) is 0 Å². The predicted octanol–water partition coefficient (Wildman–Crippen LogP) is 4.20. The van der Waals surface area contributed by atoms with Crippen LogP contribution in [-0.2, 0) is 19.0 Å². The number of fused-ring (bicyclic) bond motifs is 4. The summed E-state index contributed by atoms with van der Waals surface area (Å²) in [6.07, 6.45) is 4.07. The standard InChI is InChI=1S/C32H50O7/c1-16-13-19-24(27(5,6)36)39-32(38-19)22(16)28(7)11-12-31-15-30(31)10-9-21(37-17(2)33)26(3,4)20(30)14-18(34)23(31)29(28,8)25(32)35/h16,18-25,34-36H,9-15H2,1-8H3/t16-,18+,19-,20?,21+,22-,23+,24+,25-,28-,29-,30-,31+,32+/m1/s1. The van der Waals surface area contributed by atoms with E-state index in [0.29, 0.717) is 6.42 Å². The number of aliphatic hydroxyl groups excluding tert-OH is 2. The summed E-state index contributed by atoms with van der Waals surface area (Å²) in [5, 5.41) is 35.7. The molecule has 7 nitrogen and oxygen atoms in total. The van der Waals surface area contributed by atoms with Crippen LogP contribution in [0.4, 0.5) is 0 Å². The van der Waals surface area contributed by atoms with Gasteiger partial charge >= 0.3 is 5.97 Å². The zero-order chi connectivity index (χ0) is 28.3. The van der Waals surface area contributed by atoms with Gasteiger partial charge in [0.2, 0.25) is 0 Å². The van der Waals surface area contributed by atoms with E-state index in [1.54, 1.807) is 13.8 Å². The molecule has 2 aliphatic heterocycles. The zero-order valence-corrected chi connectivity index (χ0v) is 25.1. The van der Waals surface area contributed by atoms with Crippen molar-refractivity contribution in [3.8, 4) is 0 Å². The molecule has 7 heteroatoms. The maximum Gasteiger partial charge on any atom is 0.302 e. The SMILES string of the molecule is CC(=O)O[C@H]1CC[C@]23C[C@]24CC[C@]2(C)[C@H]5[C@H](C)C[C@H]6O[C@@]5(O[C@@H]6C(C)(C)O)[C@H](O)[C@@]2(C)[C@@H]4[C@@H](O)CC3C1(C)C. The maximum absolute atomic E-state index is 12.5. The average Bonchev–Trinajstić information content (AvgIpc) is 3.30. The van der Waals surface area contributed by atoms with Crippen molar-refractivity contribution in [2.75, 3.05) is 0 Å². The first-order valence-corrected chi connectivity index (χ1v) is 15.5. The number of hydrogen-bond donors (Lipinski definition) is 3. The molecule has 39 heavy (non-hydrogen) atoms. The van der Waals surface area contributed by atoms with Crippen molar-refractivity contribution in [2.45, 2.75) is 142 Å². The Hall–Kier alpha value is -0.730. The van der Waals surface area contributed by atoms with Crippen molar-refractivity contribution in [2.24, 2.45) is 50.7 Å². The predicted molar refractivity (Wildman–Crippen MR) is 143 cm³/mol. The molecule has 0 aromatic heterocycles. The smallest absolute Gasteiger partial charge is 0.302 e. The van der Waals surface area contributed by atoms with Crippen LogP contribution in [0.3, 0.4) is 0 Å². The minimum Gasteiger partial charge on any atom is -0.462 e. The molecule has 5 aliphatic carbocycles. The molecular formula is C32H50O7. The van der Waals surface area contributed by atoms with E-state index in [9.17, 15) is 20.1 Å². The molecule has 0 aromatic rings. The first-order chi connectivity index (χ1) is 17.9. The van der Waals surface area contributed by atoms with Crippen LogP contribution in [0.2, 0.25) is 0 Å². The van der Waals surface area contributed by atoms with E-state index in [1.165, 1.54) is 6.92 Å². The Morgan fingerprint density at radius 1 is 0.974 bits per heavy atom. The lowest BCUT2D eigenvalue weighted by Crippen LogP contribution is -2.64.